The first-order valence-corrected chi connectivity index (χ1v) is 9.89. The van der Waals surface area contributed by atoms with Crippen molar-refractivity contribution in [1.82, 2.24) is 0 Å². The highest BCUT2D eigenvalue weighted by Gasteiger charge is 2.25. The van der Waals surface area contributed by atoms with E-state index in [0.717, 1.165) is 42.2 Å². The van der Waals surface area contributed by atoms with Crippen molar-refractivity contribution in [3.8, 4) is 0 Å². The summed E-state index contributed by atoms with van der Waals surface area (Å²) in [6.45, 7) is 2.22. The van der Waals surface area contributed by atoms with E-state index in [2.05, 4.69) is 17.1 Å². The van der Waals surface area contributed by atoms with Gasteiger partial charge in [-0.25, -0.2) is 13.2 Å². The zero-order valence-electron chi connectivity index (χ0n) is 16.0. The lowest BCUT2D eigenvalue weighted by atomic mass is 9.77. The van der Waals surface area contributed by atoms with Crippen molar-refractivity contribution in [3.63, 3.8) is 0 Å². The normalized spacial score (nSPS) is 20.6. The molecule has 1 aliphatic carbocycles. The van der Waals surface area contributed by atoms with Crippen LogP contribution in [0.2, 0.25) is 0 Å². The molecule has 0 N–H and O–H groups in total. The fraction of sp³-hybridized carbons (Fsp3) is 0.391. The van der Waals surface area contributed by atoms with Gasteiger partial charge in [0.1, 0.15) is 0 Å². The van der Waals surface area contributed by atoms with Gasteiger partial charge >= 0.3 is 0 Å². The largest absolute Gasteiger partial charge is 0.204 e. The summed E-state index contributed by atoms with van der Waals surface area (Å²) >= 11 is 0. The molecule has 148 valence electrons. The average molecular weight is 386 g/mol. The van der Waals surface area contributed by atoms with E-state index in [1.165, 1.54) is 31.9 Å². The van der Waals surface area contributed by atoms with Gasteiger partial charge in [0.05, 0.1) is 11.9 Å². The minimum atomic E-state index is -1.48. The van der Waals surface area contributed by atoms with Crippen LogP contribution in [-0.4, -0.2) is 11.9 Å². The van der Waals surface area contributed by atoms with Gasteiger partial charge in [0.25, 0.3) is 0 Å². The molecule has 2 aromatic rings. The summed E-state index contributed by atoms with van der Waals surface area (Å²) in [4.78, 5) is 0. The second-order valence-corrected chi connectivity index (χ2v) is 7.40. The Bertz CT molecular complexity index is 815. The third kappa shape index (κ3) is 5.09. The number of hydrogen-bond donors (Lipinski definition) is 0. The minimum absolute atomic E-state index is 0.138. The van der Waals surface area contributed by atoms with E-state index in [9.17, 15) is 13.2 Å². The van der Waals surface area contributed by atoms with E-state index in [-0.39, 0.29) is 5.56 Å². The topological polar surface area (TPSA) is 24.7 Å². The van der Waals surface area contributed by atoms with Crippen LogP contribution in [0.1, 0.15) is 56.6 Å². The smallest absolute Gasteiger partial charge is 0.194 e. The average Bonchev–Trinajstić information content (AvgIpc) is 2.71. The van der Waals surface area contributed by atoms with Crippen LogP contribution in [0.4, 0.5) is 13.2 Å². The number of benzene rings is 2. The summed E-state index contributed by atoms with van der Waals surface area (Å²) < 4.78 is 39.8. The van der Waals surface area contributed by atoms with Gasteiger partial charge in [-0.15, -0.1) is 0 Å². The first-order valence-electron chi connectivity index (χ1n) is 9.89. The molecule has 0 radical (unpaired) electrons. The van der Waals surface area contributed by atoms with Crippen LogP contribution < -0.4 is 0 Å². The van der Waals surface area contributed by atoms with Crippen LogP contribution in [0.25, 0.3) is 0 Å². The van der Waals surface area contributed by atoms with Crippen LogP contribution in [0, 0.1) is 29.3 Å². The van der Waals surface area contributed by atoms with E-state index >= 15 is 0 Å². The van der Waals surface area contributed by atoms with Crippen molar-refractivity contribution in [2.24, 2.45) is 22.0 Å². The Balaban J connectivity index is 1.81. The van der Waals surface area contributed by atoms with Crippen molar-refractivity contribution in [1.29, 1.82) is 0 Å². The highest BCUT2D eigenvalue weighted by atomic mass is 19.2. The first kappa shape index (κ1) is 20.3. The van der Waals surface area contributed by atoms with Gasteiger partial charge < -0.3 is 0 Å². The van der Waals surface area contributed by atoms with Gasteiger partial charge in [-0.2, -0.15) is 10.2 Å². The van der Waals surface area contributed by atoms with Crippen LogP contribution in [0.15, 0.2) is 52.7 Å². The van der Waals surface area contributed by atoms with E-state index in [1.54, 1.807) is 0 Å². The molecule has 1 aliphatic rings. The van der Waals surface area contributed by atoms with Crippen molar-refractivity contribution in [2.75, 3.05) is 0 Å². The van der Waals surface area contributed by atoms with Crippen molar-refractivity contribution in [2.45, 2.75) is 45.4 Å². The molecule has 1 fully saturated rings. The Morgan fingerprint density at radius 1 is 1.00 bits per heavy atom. The van der Waals surface area contributed by atoms with Gasteiger partial charge in [-0.1, -0.05) is 50.1 Å². The summed E-state index contributed by atoms with van der Waals surface area (Å²) in [5.74, 6) is -2.85. The molecular formula is C23H25F3N2. The number of hydrogen-bond acceptors (Lipinski definition) is 2. The molecule has 28 heavy (non-hydrogen) atoms. The lowest BCUT2D eigenvalue weighted by Gasteiger charge is -2.29. The molecule has 0 atom stereocenters. The molecule has 0 aromatic heterocycles. The summed E-state index contributed by atoms with van der Waals surface area (Å²) in [6.07, 6.45) is 8.23. The molecule has 2 aromatic carbocycles. The molecule has 0 amide bonds. The molecule has 5 heteroatoms. The number of nitrogens with zero attached hydrogens (tertiary/aromatic N) is 2. The van der Waals surface area contributed by atoms with E-state index in [1.807, 2.05) is 30.3 Å². The van der Waals surface area contributed by atoms with E-state index < -0.39 is 17.5 Å². The second-order valence-electron chi connectivity index (χ2n) is 7.40. The standard InChI is InChI=1S/C23H25F3N2/c1-2-6-16-9-11-19(12-10-16)23(18-7-4-3-5-8-18)28-27-15-17-13-20(24)22(26)21(25)14-17/h3-5,7-8,13-16,19H,2,6,9-12H2,1H3. The van der Waals surface area contributed by atoms with Gasteiger partial charge in [-0.3, -0.25) is 0 Å². The van der Waals surface area contributed by atoms with E-state index in [0.29, 0.717) is 5.92 Å². The fourth-order valence-corrected chi connectivity index (χ4v) is 3.92. The monoisotopic (exact) mass is 386 g/mol. The zero-order valence-corrected chi connectivity index (χ0v) is 16.0. The summed E-state index contributed by atoms with van der Waals surface area (Å²) in [5.41, 5.74) is 2.05. The molecule has 1 saturated carbocycles. The van der Waals surface area contributed by atoms with Gasteiger partial charge in [0, 0.05) is 11.5 Å². The maximum Gasteiger partial charge on any atom is 0.194 e. The Kier molecular flexibility index (Phi) is 7.01. The molecule has 0 unspecified atom stereocenters. The fourth-order valence-electron chi connectivity index (χ4n) is 3.92. The Morgan fingerprint density at radius 2 is 1.64 bits per heavy atom. The maximum absolute atomic E-state index is 13.4. The molecule has 0 bridgehead atoms. The second kappa shape index (κ2) is 9.67. The van der Waals surface area contributed by atoms with Gasteiger partial charge in [0.2, 0.25) is 0 Å². The lowest BCUT2D eigenvalue weighted by molar-refractivity contribution is 0.304. The summed E-state index contributed by atoms with van der Waals surface area (Å²) in [7, 11) is 0. The highest BCUT2D eigenvalue weighted by Crippen LogP contribution is 2.33. The van der Waals surface area contributed by atoms with Gasteiger partial charge in [-0.05, 0) is 49.3 Å². The Morgan fingerprint density at radius 3 is 2.25 bits per heavy atom. The minimum Gasteiger partial charge on any atom is -0.204 e. The van der Waals surface area contributed by atoms with Crippen molar-refractivity contribution < 1.29 is 13.2 Å². The lowest BCUT2D eigenvalue weighted by Crippen LogP contribution is -2.22. The van der Waals surface area contributed by atoms with Crippen LogP contribution in [-0.2, 0) is 0 Å². The Labute approximate surface area is 164 Å². The quantitative estimate of drug-likeness (QED) is 0.306. The Hall–Kier alpha value is -2.43. The molecule has 0 aliphatic heterocycles. The predicted molar refractivity (Wildman–Crippen MR) is 107 cm³/mol. The summed E-state index contributed by atoms with van der Waals surface area (Å²) in [6, 6.07) is 11.7. The zero-order chi connectivity index (χ0) is 19.9. The molecule has 0 saturated heterocycles. The van der Waals surface area contributed by atoms with Crippen LogP contribution in [0.5, 0.6) is 0 Å². The maximum atomic E-state index is 13.4. The highest BCUT2D eigenvalue weighted by molar-refractivity contribution is 6.02. The number of halogens is 3. The van der Waals surface area contributed by atoms with E-state index in [4.69, 9.17) is 0 Å². The third-order valence-electron chi connectivity index (χ3n) is 5.38. The van der Waals surface area contributed by atoms with Gasteiger partial charge in [0.15, 0.2) is 17.5 Å². The molecule has 0 heterocycles. The van der Waals surface area contributed by atoms with Crippen molar-refractivity contribution in [3.05, 3.63) is 71.0 Å². The molecule has 0 spiro atoms. The third-order valence-corrected chi connectivity index (χ3v) is 5.38. The molecule has 2 nitrogen and oxygen atoms in total. The first-order chi connectivity index (χ1) is 13.6. The molecular weight excluding hydrogens is 361 g/mol. The summed E-state index contributed by atoms with van der Waals surface area (Å²) in [5, 5.41) is 8.48. The van der Waals surface area contributed by atoms with Crippen LogP contribution in [0.3, 0.4) is 0 Å². The number of rotatable bonds is 6. The predicted octanol–water partition coefficient (Wildman–Crippen LogP) is 6.53. The molecule has 3 rings (SSSR count). The van der Waals surface area contributed by atoms with Crippen molar-refractivity contribution >= 4 is 11.9 Å². The SMILES string of the molecule is CCCC1CCC(C(=NN=Cc2cc(F)c(F)c(F)c2)c2ccccc2)CC1. The van der Waals surface area contributed by atoms with Crippen LogP contribution >= 0.6 is 0 Å².